The molecule has 96 valence electrons. The normalized spacial score (nSPS) is 23.2. The van der Waals surface area contributed by atoms with Crippen molar-refractivity contribution in [3.05, 3.63) is 35.9 Å². The highest BCUT2D eigenvalue weighted by molar-refractivity contribution is 5.87. The van der Waals surface area contributed by atoms with Gasteiger partial charge in [-0.2, -0.15) is 0 Å². The number of aliphatic carboxylic acids is 1. The lowest BCUT2D eigenvalue weighted by Gasteiger charge is -2.14. The van der Waals surface area contributed by atoms with E-state index in [1.165, 1.54) is 5.56 Å². The highest BCUT2D eigenvalue weighted by Gasteiger charge is 2.37. The molecule has 1 aromatic carbocycles. The van der Waals surface area contributed by atoms with Gasteiger partial charge in [0.05, 0.1) is 5.92 Å². The molecule has 0 unspecified atom stereocenters. The summed E-state index contributed by atoms with van der Waals surface area (Å²) >= 11 is 0. The Morgan fingerprint density at radius 3 is 2.61 bits per heavy atom. The van der Waals surface area contributed by atoms with E-state index in [0.717, 1.165) is 19.3 Å². The van der Waals surface area contributed by atoms with Crippen LogP contribution in [-0.2, 0) is 16.0 Å². The average Bonchev–Trinajstić information content (AvgIpc) is 2.72. The van der Waals surface area contributed by atoms with Crippen LogP contribution in [0.1, 0.15) is 31.2 Å². The van der Waals surface area contributed by atoms with Gasteiger partial charge in [0.25, 0.3) is 0 Å². The summed E-state index contributed by atoms with van der Waals surface area (Å²) in [4.78, 5) is 22.4. The standard InChI is InChI=1S/C15H18O3/c16-13-9-12(14(10-13)15(17)18)8-4-7-11-5-2-1-3-6-11/h1-3,5-6,12,14H,4,7-10H2,(H,17,18)/t12-,14+/m0/s1. The second kappa shape index (κ2) is 5.80. The fourth-order valence-electron chi connectivity index (χ4n) is 2.74. The maximum absolute atomic E-state index is 11.3. The maximum atomic E-state index is 11.3. The van der Waals surface area contributed by atoms with Crippen molar-refractivity contribution in [1.82, 2.24) is 0 Å². The summed E-state index contributed by atoms with van der Waals surface area (Å²) in [5, 5.41) is 9.07. The van der Waals surface area contributed by atoms with Crippen molar-refractivity contribution >= 4 is 11.8 Å². The van der Waals surface area contributed by atoms with Crippen molar-refractivity contribution in [2.24, 2.45) is 11.8 Å². The molecule has 0 aliphatic heterocycles. The predicted molar refractivity (Wildman–Crippen MR) is 68.2 cm³/mol. The second-order valence-corrected chi connectivity index (χ2v) is 5.03. The lowest BCUT2D eigenvalue weighted by Crippen LogP contribution is -2.18. The first-order valence-corrected chi connectivity index (χ1v) is 6.45. The van der Waals surface area contributed by atoms with E-state index in [0.29, 0.717) is 6.42 Å². The van der Waals surface area contributed by atoms with Gasteiger partial charge in [-0.25, -0.2) is 0 Å². The van der Waals surface area contributed by atoms with E-state index in [1.54, 1.807) is 0 Å². The van der Waals surface area contributed by atoms with Crippen LogP contribution in [0.2, 0.25) is 0 Å². The van der Waals surface area contributed by atoms with Crippen LogP contribution in [0.5, 0.6) is 0 Å². The molecule has 1 N–H and O–H groups in total. The number of hydrogen-bond acceptors (Lipinski definition) is 2. The van der Waals surface area contributed by atoms with Gasteiger partial charge in [-0.15, -0.1) is 0 Å². The number of carboxylic acid groups (broad SMARTS) is 1. The summed E-state index contributed by atoms with van der Waals surface area (Å²) in [6.07, 6.45) is 3.41. The lowest BCUT2D eigenvalue weighted by molar-refractivity contribution is -0.143. The molecule has 1 fully saturated rings. The first kappa shape index (κ1) is 12.8. The zero-order chi connectivity index (χ0) is 13.0. The molecule has 0 saturated heterocycles. The average molecular weight is 246 g/mol. The lowest BCUT2D eigenvalue weighted by atomic mass is 9.90. The minimum absolute atomic E-state index is 0.0405. The monoisotopic (exact) mass is 246 g/mol. The molecule has 0 heterocycles. The molecule has 3 heteroatoms. The Bertz CT molecular complexity index is 425. The van der Waals surface area contributed by atoms with Crippen LogP contribution in [-0.4, -0.2) is 16.9 Å². The van der Waals surface area contributed by atoms with Crippen LogP contribution >= 0.6 is 0 Å². The molecule has 0 spiro atoms. The highest BCUT2D eigenvalue weighted by atomic mass is 16.4. The highest BCUT2D eigenvalue weighted by Crippen LogP contribution is 2.33. The third-order valence-corrected chi connectivity index (χ3v) is 3.71. The van der Waals surface area contributed by atoms with Crippen molar-refractivity contribution in [1.29, 1.82) is 0 Å². The van der Waals surface area contributed by atoms with Gasteiger partial charge in [0.1, 0.15) is 5.78 Å². The number of Topliss-reactive ketones (excluding diaryl/α,β-unsaturated/α-hetero) is 1. The summed E-state index contributed by atoms with van der Waals surface area (Å²) in [5.41, 5.74) is 1.27. The summed E-state index contributed by atoms with van der Waals surface area (Å²) < 4.78 is 0. The van der Waals surface area contributed by atoms with Gasteiger partial charge in [0.2, 0.25) is 0 Å². The molecule has 1 aromatic rings. The van der Waals surface area contributed by atoms with Crippen LogP contribution in [0.15, 0.2) is 30.3 Å². The summed E-state index contributed by atoms with van der Waals surface area (Å²) in [6.45, 7) is 0. The minimum atomic E-state index is -0.814. The third-order valence-electron chi connectivity index (χ3n) is 3.71. The Morgan fingerprint density at radius 2 is 1.94 bits per heavy atom. The largest absolute Gasteiger partial charge is 0.481 e. The van der Waals surface area contributed by atoms with Crippen molar-refractivity contribution in [2.75, 3.05) is 0 Å². The van der Waals surface area contributed by atoms with Gasteiger partial charge in [-0.05, 0) is 30.7 Å². The number of rotatable bonds is 5. The number of benzene rings is 1. The van der Waals surface area contributed by atoms with Crippen molar-refractivity contribution in [2.45, 2.75) is 32.1 Å². The van der Waals surface area contributed by atoms with Gasteiger partial charge in [-0.1, -0.05) is 30.3 Å². The zero-order valence-electron chi connectivity index (χ0n) is 10.3. The molecular formula is C15H18O3. The quantitative estimate of drug-likeness (QED) is 0.869. The van der Waals surface area contributed by atoms with Gasteiger partial charge < -0.3 is 5.11 Å². The van der Waals surface area contributed by atoms with Crippen LogP contribution in [0, 0.1) is 11.8 Å². The first-order valence-electron chi connectivity index (χ1n) is 6.45. The van der Waals surface area contributed by atoms with E-state index >= 15 is 0 Å². The molecule has 3 nitrogen and oxygen atoms in total. The summed E-state index contributed by atoms with van der Waals surface area (Å²) in [7, 11) is 0. The van der Waals surface area contributed by atoms with E-state index in [4.69, 9.17) is 5.11 Å². The molecule has 2 atom stereocenters. The van der Waals surface area contributed by atoms with Crippen molar-refractivity contribution in [3.8, 4) is 0 Å². The third kappa shape index (κ3) is 3.19. The molecule has 0 radical (unpaired) electrons. The maximum Gasteiger partial charge on any atom is 0.307 e. The number of carboxylic acids is 1. The van der Waals surface area contributed by atoms with Gasteiger partial charge >= 0.3 is 5.97 Å². The molecule has 0 aromatic heterocycles. The SMILES string of the molecule is O=C1C[C@H](CCCc2ccccc2)[C@H](C(=O)O)C1. The topological polar surface area (TPSA) is 54.4 Å². The van der Waals surface area contributed by atoms with E-state index < -0.39 is 11.9 Å². The van der Waals surface area contributed by atoms with Crippen LogP contribution in [0.4, 0.5) is 0 Å². The van der Waals surface area contributed by atoms with E-state index in [-0.39, 0.29) is 18.1 Å². The molecule has 1 aliphatic carbocycles. The Hall–Kier alpha value is -1.64. The smallest absolute Gasteiger partial charge is 0.307 e. The number of carbonyl (C=O) groups excluding carboxylic acids is 1. The van der Waals surface area contributed by atoms with E-state index in [9.17, 15) is 9.59 Å². The summed E-state index contributed by atoms with van der Waals surface area (Å²) in [6, 6.07) is 10.2. The Labute approximate surface area is 107 Å². The van der Waals surface area contributed by atoms with Crippen molar-refractivity contribution in [3.63, 3.8) is 0 Å². The molecule has 1 saturated carbocycles. The first-order chi connectivity index (χ1) is 8.66. The van der Waals surface area contributed by atoms with Crippen molar-refractivity contribution < 1.29 is 14.7 Å². The zero-order valence-corrected chi connectivity index (χ0v) is 10.3. The van der Waals surface area contributed by atoms with Gasteiger partial charge in [-0.3, -0.25) is 9.59 Å². The number of ketones is 1. The van der Waals surface area contributed by atoms with Crippen LogP contribution in [0.25, 0.3) is 0 Å². The molecule has 1 aliphatic rings. The Morgan fingerprint density at radius 1 is 1.22 bits per heavy atom. The number of hydrogen-bond donors (Lipinski definition) is 1. The molecule has 0 bridgehead atoms. The summed E-state index contributed by atoms with van der Waals surface area (Å²) in [5.74, 6) is -1.12. The van der Waals surface area contributed by atoms with Gasteiger partial charge in [0.15, 0.2) is 0 Å². The minimum Gasteiger partial charge on any atom is -0.481 e. The molecular weight excluding hydrogens is 228 g/mol. The Kier molecular flexibility index (Phi) is 4.13. The molecule has 2 rings (SSSR count). The fourth-order valence-corrected chi connectivity index (χ4v) is 2.74. The number of aryl methyl sites for hydroxylation is 1. The van der Waals surface area contributed by atoms with Crippen LogP contribution < -0.4 is 0 Å². The van der Waals surface area contributed by atoms with Gasteiger partial charge in [0, 0.05) is 12.8 Å². The predicted octanol–water partition coefficient (Wildman–Crippen LogP) is 2.69. The fraction of sp³-hybridized carbons (Fsp3) is 0.467. The second-order valence-electron chi connectivity index (χ2n) is 5.03. The molecule has 18 heavy (non-hydrogen) atoms. The Balaban J connectivity index is 1.83. The number of carbonyl (C=O) groups is 2. The van der Waals surface area contributed by atoms with Crippen LogP contribution in [0.3, 0.4) is 0 Å². The van der Waals surface area contributed by atoms with E-state index in [1.807, 2.05) is 18.2 Å². The molecule has 0 amide bonds. The van der Waals surface area contributed by atoms with E-state index in [2.05, 4.69) is 12.1 Å².